The lowest BCUT2D eigenvalue weighted by atomic mass is 10.1. The highest BCUT2D eigenvalue weighted by atomic mass is 16.2. The van der Waals surface area contributed by atoms with Crippen molar-refractivity contribution >= 4 is 11.6 Å². The van der Waals surface area contributed by atoms with Crippen LogP contribution in [0.5, 0.6) is 0 Å². The predicted molar refractivity (Wildman–Crippen MR) is 80.3 cm³/mol. The van der Waals surface area contributed by atoms with Crippen LogP contribution in [-0.2, 0) is 11.2 Å². The van der Waals surface area contributed by atoms with Crippen LogP contribution in [0.3, 0.4) is 0 Å². The lowest BCUT2D eigenvalue weighted by Crippen LogP contribution is -2.36. The number of hydrogen-bond donors (Lipinski definition) is 2. The van der Waals surface area contributed by atoms with E-state index in [4.69, 9.17) is 5.73 Å². The third kappa shape index (κ3) is 3.90. The van der Waals surface area contributed by atoms with Crippen molar-refractivity contribution in [1.82, 2.24) is 4.98 Å². The number of anilines is 1. The largest absolute Gasteiger partial charge is 0.324 e. The molecular formula is C16H19N3O. The van der Waals surface area contributed by atoms with Gasteiger partial charge in [0.15, 0.2) is 0 Å². The van der Waals surface area contributed by atoms with Gasteiger partial charge >= 0.3 is 0 Å². The fourth-order valence-electron chi connectivity index (χ4n) is 1.94. The van der Waals surface area contributed by atoms with Gasteiger partial charge in [0.1, 0.15) is 0 Å². The number of hydrogen-bond acceptors (Lipinski definition) is 3. The van der Waals surface area contributed by atoms with Crippen molar-refractivity contribution in [2.45, 2.75) is 25.8 Å². The van der Waals surface area contributed by atoms with Gasteiger partial charge in [0.2, 0.25) is 5.91 Å². The van der Waals surface area contributed by atoms with Crippen molar-refractivity contribution in [2.24, 2.45) is 5.73 Å². The topological polar surface area (TPSA) is 68.0 Å². The van der Waals surface area contributed by atoms with Gasteiger partial charge in [0, 0.05) is 18.1 Å². The lowest BCUT2D eigenvalue weighted by molar-refractivity contribution is -0.117. The molecule has 0 radical (unpaired) electrons. The Bertz CT molecular complexity index is 569. The fourth-order valence-corrected chi connectivity index (χ4v) is 1.94. The van der Waals surface area contributed by atoms with Crippen LogP contribution in [0.25, 0.3) is 0 Å². The summed E-state index contributed by atoms with van der Waals surface area (Å²) in [4.78, 5) is 16.0. The molecule has 20 heavy (non-hydrogen) atoms. The second-order valence-electron chi connectivity index (χ2n) is 4.81. The van der Waals surface area contributed by atoms with Crippen LogP contribution in [-0.4, -0.2) is 16.9 Å². The molecule has 0 spiro atoms. The van der Waals surface area contributed by atoms with Gasteiger partial charge in [0.25, 0.3) is 0 Å². The number of nitrogens with two attached hydrogens (primary N) is 1. The van der Waals surface area contributed by atoms with Gasteiger partial charge in [0.05, 0.1) is 6.04 Å². The lowest BCUT2D eigenvalue weighted by Gasteiger charge is -2.13. The minimum Gasteiger partial charge on any atom is -0.324 e. The van der Waals surface area contributed by atoms with Gasteiger partial charge in [-0.2, -0.15) is 0 Å². The number of carbonyl (C=O) groups excluding carboxylic acids is 1. The van der Waals surface area contributed by atoms with Gasteiger partial charge in [-0.15, -0.1) is 0 Å². The molecule has 1 heterocycles. The van der Waals surface area contributed by atoms with Crippen molar-refractivity contribution in [3.63, 3.8) is 0 Å². The maximum atomic E-state index is 12.0. The molecule has 0 aliphatic heterocycles. The summed E-state index contributed by atoms with van der Waals surface area (Å²) in [6.07, 6.45) is 4.79. The van der Waals surface area contributed by atoms with Crippen LogP contribution < -0.4 is 11.1 Å². The van der Waals surface area contributed by atoms with Crippen LogP contribution in [0, 0.1) is 6.92 Å². The molecule has 2 rings (SSSR count). The van der Waals surface area contributed by atoms with Crippen LogP contribution in [0.4, 0.5) is 5.69 Å². The number of pyridine rings is 1. The summed E-state index contributed by atoms with van der Waals surface area (Å²) in [5, 5.41) is 2.84. The smallest absolute Gasteiger partial charge is 0.241 e. The van der Waals surface area contributed by atoms with Crippen molar-refractivity contribution < 1.29 is 4.79 Å². The van der Waals surface area contributed by atoms with E-state index in [1.165, 1.54) is 5.56 Å². The number of rotatable bonds is 5. The molecule has 0 saturated carbocycles. The van der Waals surface area contributed by atoms with E-state index in [0.29, 0.717) is 6.42 Å². The Hall–Kier alpha value is -2.20. The van der Waals surface area contributed by atoms with E-state index in [0.717, 1.165) is 17.7 Å². The van der Waals surface area contributed by atoms with Gasteiger partial charge in [-0.25, -0.2) is 0 Å². The van der Waals surface area contributed by atoms with Gasteiger partial charge in [-0.05, 0) is 37.0 Å². The summed E-state index contributed by atoms with van der Waals surface area (Å²) in [5.41, 5.74) is 8.82. The first-order valence-electron chi connectivity index (χ1n) is 6.68. The second-order valence-corrected chi connectivity index (χ2v) is 4.81. The third-order valence-electron chi connectivity index (χ3n) is 3.20. The average Bonchev–Trinajstić information content (AvgIpc) is 2.48. The van der Waals surface area contributed by atoms with Crippen LogP contribution in [0.1, 0.15) is 17.5 Å². The Morgan fingerprint density at radius 2 is 2.05 bits per heavy atom. The molecule has 2 aromatic rings. The predicted octanol–water partition coefficient (Wildman–Crippen LogP) is 2.29. The van der Waals surface area contributed by atoms with E-state index < -0.39 is 6.04 Å². The molecule has 0 fully saturated rings. The number of nitrogens with zero attached hydrogens (tertiary/aromatic N) is 1. The quantitative estimate of drug-likeness (QED) is 0.875. The molecule has 1 atom stereocenters. The minimum atomic E-state index is -0.511. The zero-order chi connectivity index (χ0) is 14.4. The molecule has 1 amide bonds. The number of aryl methyl sites for hydroxylation is 2. The molecule has 104 valence electrons. The summed E-state index contributed by atoms with van der Waals surface area (Å²) >= 11 is 0. The van der Waals surface area contributed by atoms with Gasteiger partial charge in [-0.1, -0.05) is 30.3 Å². The first kappa shape index (κ1) is 14.2. The molecule has 0 saturated heterocycles. The van der Waals surface area contributed by atoms with Crippen LogP contribution in [0.2, 0.25) is 0 Å². The first-order chi connectivity index (χ1) is 9.66. The number of carbonyl (C=O) groups is 1. The highest BCUT2D eigenvalue weighted by molar-refractivity contribution is 5.95. The summed E-state index contributed by atoms with van der Waals surface area (Å²) in [6.45, 7) is 1.90. The number of aromatic nitrogens is 1. The van der Waals surface area contributed by atoms with Crippen molar-refractivity contribution in [3.05, 3.63) is 59.9 Å². The number of amides is 1. The van der Waals surface area contributed by atoms with E-state index >= 15 is 0 Å². The maximum Gasteiger partial charge on any atom is 0.241 e. The summed E-state index contributed by atoms with van der Waals surface area (Å²) < 4.78 is 0. The molecule has 4 nitrogen and oxygen atoms in total. The molecule has 0 bridgehead atoms. The molecule has 4 heteroatoms. The van der Waals surface area contributed by atoms with Crippen molar-refractivity contribution in [2.75, 3.05) is 5.32 Å². The molecule has 1 aromatic carbocycles. The Balaban J connectivity index is 1.88. The van der Waals surface area contributed by atoms with Crippen molar-refractivity contribution in [3.8, 4) is 0 Å². The van der Waals surface area contributed by atoms with Crippen LogP contribution in [0.15, 0.2) is 48.8 Å². The number of benzene rings is 1. The monoisotopic (exact) mass is 269 g/mol. The Morgan fingerprint density at radius 1 is 1.30 bits per heavy atom. The fraction of sp³-hybridized carbons (Fsp3) is 0.250. The SMILES string of the molecule is Cc1cnccc1NC(=O)C(N)CCc1ccccc1. The molecule has 1 unspecified atom stereocenters. The Morgan fingerprint density at radius 3 is 2.75 bits per heavy atom. The Labute approximate surface area is 119 Å². The average molecular weight is 269 g/mol. The summed E-state index contributed by atoms with van der Waals surface area (Å²) in [6, 6.07) is 11.3. The van der Waals surface area contributed by atoms with Gasteiger partial charge in [-0.3, -0.25) is 9.78 Å². The highest BCUT2D eigenvalue weighted by Crippen LogP contribution is 2.12. The van der Waals surface area contributed by atoms with E-state index in [-0.39, 0.29) is 5.91 Å². The van der Waals surface area contributed by atoms with E-state index in [1.807, 2.05) is 37.3 Å². The third-order valence-corrected chi connectivity index (χ3v) is 3.20. The van der Waals surface area contributed by atoms with E-state index in [9.17, 15) is 4.79 Å². The second kappa shape index (κ2) is 6.82. The molecule has 3 N–H and O–H groups in total. The van der Waals surface area contributed by atoms with Crippen molar-refractivity contribution in [1.29, 1.82) is 0 Å². The number of nitrogens with one attached hydrogen (secondary N) is 1. The summed E-state index contributed by atoms with van der Waals surface area (Å²) in [5.74, 6) is -0.157. The van der Waals surface area contributed by atoms with E-state index in [2.05, 4.69) is 10.3 Å². The van der Waals surface area contributed by atoms with Crippen LogP contribution >= 0.6 is 0 Å². The molecule has 1 aromatic heterocycles. The first-order valence-corrected chi connectivity index (χ1v) is 6.68. The molecule has 0 aliphatic rings. The Kier molecular flexibility index (Phi) is 4.85. The normalized spacial score (nSPS) is 11.9. The zero-order valence-electron chi connectivity index (χ0n) is 11.5. The zero-order valence-corrected chi connectivity index (χ0v) is 11.5. The summed E-state index contributed by atoms with van der Waals surface area (Å²) in [7, 11) is 0. The highest BCUT2D eigenvalue weighted by Gasteiger charge is 2.14. The van der Waals surface area contributed by atoms with Gasteiger partial charge < -0.3 is 11.1 Å². The molecular weight excluding hydrogens is 250 g/mol. The minimum absolute atomic E-state index is 0.157. The standard InChI is InChI=1S/C16H19N3O/c1-12-11-18-10-9-15(12)19-16(20)14(17)8-7-13-5-3-2-4-6-13/h2-6,9-11,14H,7-8,17H2,1H3,(H,18,19,20). The maximum absolute atomic E-state index is 12.0. The molecule has 0 aliphatic carbocycles. The van der Waals surface area contributed by atoms with E-state index in [1.54, 1.807) is 18.5 Å².